The number of unbranched alkanes of at least 4 members (excludes halogenated alkanes) is 2. The fraction of sp³-hybridized carbons (Fsp3) is 1.00. The SMILES string of the molecule is OCCCCCO.OCCOCCO. The molecule has 0 atom stereocenters. The van der Waals surface area contributed by atoms with Crippen LogP contribution < -0.4 is 0 Å². The maximum absolute atomic E-state index is 8.21. The Morgan fingerprint density at radius 1 is 0.571 bits per heavy atom. The smallest absolute Gasteiger partial charge is 0.0698 e. The van der Waals surface area contributed by atoms with Gasteiger partial charge in [0.25, 0.3) is 0 Å². The Hall–Kier alpha value is -0.200. The van der Waals surface area contributed by atoms with Crippen molar-refractivity contribution in [2.75, 3.05) is 39.6 Å². The average molecular weight is 210 g/mol. The molecule has 14 heavy (non-hydrogen) atoms. The first-order chi connectivity index (χ1) is 6.83. The third-order valence-electron chi connectivity index (χ3n) is 1.29. The van der Waals surface area contributed by atoms with Crippen LogP contribution in [0.1, 0.15) is 19.3 Å². The molecule has 5 heteroatoms. The molecule has 0 fully saturated rings. The van der Waals surface area contributed by atoms with Crippen molar-refractivity contribution in [2.24, 2.45) is 0 Å². The van der Waals surface area contributed by atoms with Gasteiger partial charge in [-0.1, -0.05) is 0 Å². The van der Waals surface area contributed by atoms with E-state index in [1.807, 2.05) is 0 Å². The Kier molecular flexibility index (Phi) is 21.5. The first-order valence-electron chi connectivity index (χ1n) is 4.84. The zero-order chi connectivity index (χ0) is 11.1. The second kappa shape index (κ2) is 18.6. The van der Waals surface area contributed by atoms with E-state index in [1.54, 1.807) is 0 Å². The van der Waals surface area contributed by atoms with Crippen LogP contribution in [0.5, 0.6) is 0 Å². The Morgan fingerprint density at radius 2 is 1.00 bits per heavy atom. The van der Waals surface area contributed by atoms with Crippen LogP contribution in [-0.4, -0.2) is 60.1 Å². The summed E-state index contributed by atoms with van der Waals surface area (Å²) in [6, 6.07) is 0. The fourth-order valence-electron chi connectivity index (χ4n) is 0.632. The third kappa shape index (κ3) is 22.6. The van der Waals surface area contributed by atoms with Crippen molar-refractivity contribution in [1.29, 1.82) is 0 Å². The quantitative estimate of drug-likeness (QED) is 0.391. The normalized spacial score (nSPS) is 9.43. The highest BCUT2D eigenvalue weighted by Crippen LogP contribution is 1.90. The topological polar surface area (TPSA) is 90.2 Å². The molecule has 0 bridgehead atoms. The maximum Gasteiger partial charge on any atom is 0.0698 e. The van der Waals surface area contributed by atoms with Crippen molar-refractivity contribution in [3.05, 3.63) is 0 Å². The number of hydrogen-bond donors (Lipinski definition) is 4. The van der Waals surface area contributed by atoms with Crippen LogP contribution >= 0.6 is 0 Å². The lowest BCUT2D eigenvalue weighted by molar-refractivity contribution is 0.0650. The number of aliphatic hydroxyl groups is 4. The molecule has 0 aromatic heterocycles. The van der Waals surface area contributed by atoms with E-state index in [4.69, 9.17) is 20.4 Å². The summed E-state index contributed by atoms with van der Waals surface area (Å²) in [5.41, 5.74) is 0. The third-order valence-corrected chi connectivity index (χ3v) is 1.29. The summed E-state index contributed by atoms with van der Waals surface area (Å²) in [7, 11) is 0. The summed E-state index contributed by atoms with van der Waals surface area (Å²) < 4.78 is 4.63. The van der Waals surface area contributed by atoms with Gasteiger partial charge in [-0.3, -0.25) is 0 Å². The van der Waals surface area contributed by atoms with E-state index < -0.39 is 0 Å². The molecule has 0 saturated carbocycles. The van der Waals surface area contributed by atoms with Gasteiger partial charge in [0.05, 0.1) is 26.4 Å². The molecule has 4 N–H and O–H groups in total. The Morgan fingerprint density at radius 3 is 1.29 bits per heavy atom. The van der Waals surface area contributed by atoms with E-state index in [9.17, 15) is 0 Å². The second-order valence-electron chi connectivity index (χ2n) is 2.57. The Bertz CT molecular complexity index is 61.6. The van der Waals surface area contributed by atoms with Crippen LogP contribution in [0.4, 0.5) is 0 Å². The van der Waals surface area contributed by atoms with Crippen LogP contribution in [0.25, 0.3) is 0 Å². The van der Waals surface area contributed by atoms with Crippen LogP contribution in [0.2, 0.25) is 0 Å². The zero-order valence-electron chi connectivity index (χ0n) is 8.56. The molecule has 0 spiro atoms. The standard InChI is InChI=1S/C5H12O2.C4H10O3/c6-4-2-1-3-5-7;5-1-3-7-4-2-6/h6-7H,1-5H2;5-6H,1-4H2. The molecule has 0 radical (unpaired) electrons. The Balaban J connectivity index is 0. The summed E-state index contributed by atoms with van der Waals surface area (Å²) in [4.78, 5) is 0. The summed E-state index contributed by atoms with van der Waals surface area (Å²) in [6.45, 7) is 1.20. The number of aliphatic hydroxyl groups excluding tert-OH is 4. The molecule has 0 amide bonds. The van der Waals surface area contributed by atoms with E-state index >= 15 is 0 Å². The average Bonchev–Trinajstić information content (AvgIpc) is 2.21. The van der Waals surface area contributed by atoms with E-state index in [0.29, 0.717) is 13.2 Å². The molecule has 88 valence electrons. The van der Waals surface area contributed by atoms with Gasteiger partial charge in [-0.25, -0.2) is 0 Å². The van der Waals surface area contributed by atoms with E-state index in [2.05, 4.69) is 4.74 Å². The molecule has 0 unspecified atom stereocenters. The van der Waals surface area contributed by atoms with Gasteiger partial charge >= 0.3 is 0 Å². The molecule has 5 nitrogen and oxygen atoms in total. The highest BCUT2D eigenvalue weighted by molar-refractivity contribution is 4.35. The first kappa shape index (κ1) is 16.2. The molecule has 0 saturated heterocycles. The predicted molar refractivity (Wildman–Crippen MR) is 53.0 cm³/mol. The molecular weight excluding hydrogens is 188 g/mol. The molecule has 0 aromatic carbocycles. The van der Waals surface area contributed by atoms with Crippen molar-refractivity contribution < 1.29 is 25.2 Å². The van der Waals surface area contributed by atoms with Crippen LogP contribution in [0.15, 0.2) is 0 Å². The van der Waals surface area contributed by atoms with Gasteiger partial charge in [0.2, 0.25) is 0 Å². The van der Waals surface area contributed by atoms with Gasteiger partial charge in [0, 0.05) is 13.2 Å². The van der Waals surface area contributed by atoms with Crippen LogP contribution in [-0.2, 0) is 4.74 Å². The fourth-order valence-corrected chi connectivity index (χ4v) is 0.632. The highest BCUT2D eigenvalue weighted by atomic mass is 16.5. The summed E-state index contributed by atoms with van der Waals surface area (Å²) in [5, 5.41) is 32.6. The molecule has 0 heterocycles. The first-order valence-corrected chi connectivity index (χ1v) is 4.84. The summed E-state index contributed by atoms with van der Waals surface area (Å²) in [5.74, 6) is 0. The lowest BCUT2D eigenvalue weighted by Gasteiger charge is -1.94. The number of hydrogen-bond acceptors (Lipinski definition) is 5. The second-order valence-corrected chi connectivity index (χ2v) is 2.57. The molecule has 0 aliphatic carbocycles. The van der Waals surface area contributed by atoms with Crippen molar-refractivity contribution in [3.63, 3.8) is 0 Å². The lowest BCUT2D eigenvalue weighted by Crippen LogP contribution is -2.03. The van der Waals surface area contributed by atoms with Crippen LogP contribution in [0.3, 0.4) is 0 Å². The zero-order valence-corrected chi connectivity index (χ0v) is 8.56. The van der Waals surface area contributed by atoms with Gasteiger partial charge in [0.15, 0.2) is 0 Å². The minimum atomic E-state index is 0.0278. The van der Waals surface area contributed by atoms with Crippen molar-refractivity contribution in [2.45, 2.75) is 19.3 Å². The van der Waals surface area contributed by atoms with Gasteiger partial charge in [-0.15, -0.1) is 0 Å². The summed E-state index contributed by atoms with van der Waals surface area (Å²) in [6.07, 6.45) is 2.58. The highest BCUT2D eigenvalue weighted by Gasteiger charge is 1.81. The molecule has 0 rings (SSSR count). The number of ether oxygens (including phenoxy) is 1. The predicted octanol–water partition coefficient (Wildman–Crippen LogP) is -0.871. The molecular formula is C9H22O5. The summed E-state index contributed by atoms with van der Waals surface area (Å²) >= 11 is 0. The van der Waals surface area contributed by atoms with Crippen molar-refractivity contribution >= 4 is 0 Å². The monoisotopic (exact) mass is 210 g/mol. The molecule has 0 aliphatic rings. The molecule has 0 aromatic rings. The minimum absolute atomic E-state index is 0.0278. The van der Waals surface area contributed by atoms with Gasteiger partial charge < -0.3 is 25.2 Å². The minimum Gasteiger partial charge on any atom is -0.396 e. The van der Waals surface area contributed by atoms with E-state index in [1.165, 1.54) is 0 Å². The van der Waals surface area contributed by atoms with Gasteiger partial charge in [-0.2, -0.15) is 0 Å². The van der Waals surface area contributed by atoms with Crippen molar-refractivity contribution in [3.8, 4) is 0 Å². The van der Waals surface area contributed by atoms with Gasteiger partial charge in [0.1, 0.15) is 0 Å². The van der Waals surface area contributed by atoms with Crippen LogP contribution in [0, 0.1) is 0 Å². The lowest BCUT2D eigenvalue weighted by atomic mass is 10.2. The molecule has 0 aliphatic heterocycles. The van der Waals surface area contributed by atoms with Gasteiger partial charge in [-0.05, 0) is 19.3 Å². The van der Waals surface area contributed by atoms with E-state index in [0.717, 1.165) is 19.3 Å². The number of rotatable bonds is 8. The largest absolute Gasteiger partial charge is 0.396 e. The van der Waals surface area contributed by atoms with E-state index in [-0.39, 0.29) is 26.4 Å². The van der Waals surface area contributed by atoms with Crippen molar-refractivity contribution in [1.82, 2.24) is 0 Å². The Labute approximate surface area is 85.0 Å². The maximum atomic E-state index is 8.21.